The van der Waals surface area contributed by atoms with Crippen molar-refractivity contribution in [1.29, 1.82) is 5.41 Å². The first kappa shape index (κ1) is 12.6. The number of fused-ring (bicyclic) bond motifs is 1. The van der Waals surface area contributed by atoms with Crippen molar-refractivity contribution in [2.24, 2.45) is 0 Å². The smallest absolute Gasteiger partial charge is 0.108 e. The van der Waals surface area contributed by atoms with Crippen molar-refractivity contribution in [3.8, 4) is 0 Å². The Hall–Kier alpha value is -1.39. The van der Waals surface area contributed by atoms with Crippen LogP contribution in [-0.2, 0) is 4.74 Å². The number of hydrogen-bond donors (Lipinski definition) is 1. The molecule has 102 valence electrons. The maximum absolute atomic E-state index is 8.30. The van der Waals surface area contributed by atoms with Crippen molar-refractivity contribution < 1.29 is 4.74 Å². The average Bonchev–Trinajstić information content (AvgIpc) is 2.71. The Morgan fingerprint density at radius 3 is 2.79 bits per heavy atom. The predicted molar refractivity (Wildman–Crippen MR) is 77.2 cm³/mol. The number of benzene rings is 1. The molecule has 0 saturated carbocycles. The fourth-order valence-electron chi connectivity index (χ4n) is 3.03. The molecule has 0 radical (unpaired) electrons. The number of rotatable bonds is 3. The van der Waals surface area contributed by atoms with Crippen molar-refractivity contribution in [1.82, 2.24) is 4.90 Å². The van der Waals surface area contributed by atoms with Crippen LogP contribution in [0.2, 0.25) is 0 Å². The molecule has 4 heteroatoms. The lowest BCUT2D eigenvalue weighted by Gasteiger charge is -2.27. The van der Waals surface area contributed by atoms with Crippen LogP contribution in [0.15, 0.2) is 24.3 Å². The third-order valence-corrected chi connectivity index (χ3v) is 4.20. The van der Waals surface area contributed by atoms with E-state index in [1.807, 2.05) is 18.0 Å². The number of likely N-dealkylation sites (N-methyl/N-ethyl adjacent to an activating group) is 1. The van der Waals surface area contributed by atoms with E-state index in [0.29, 0.717) is 0 Å². The zero-order valence-electron chi connectivity index (χ0n) is 11.4. The first-order valence-electron chi connectivity index (χ1n) is 6.98. The summed E-state index contributed by atoms with van der Waals surface area (Å²) in [6, 6.07) is 8.40. The average molecular weight is 259 g/mol. The van der Waals surface area contributed by atoms with Gasteiger partial charge in [-0.1, -0.05) is 18.2 Å². The summed E-state index contributed by atoms with van der Waals surface area (Å²) in [5.74, 6) is 0.985. The molecule has 1 aromatic carbocycles. The highest BCUT2D eigenvalue weighted by Crippen LogP contribution is 2.38. The lowest BCUT2D eigenvalue weighted by molar-refractivity contribution is 0.0372. The molecule has 4 nitrogen and oxygen atoms in total. The molecule has 0 bridgehead atoms. The number of para-hydroxylation sites is 1. The molecule has 19 heavy (non-hydrogen) atoms. The second-order valence-electron chi connectivity index (χ2n) is 5.30. The van der Waals surface area contributed by atoms with Crippen molar-refractivity contribution >= 4 is 11.5 Å². The van der Waals surface area contributed by atoms with E-state index < -0.39 is 0 Å². The highest BCUT2D eigenvalue weighted by atomic mass is 16.5. The van der Waals surface area contributed by atoms with E-state index in [4.69, 9.17) is 10.1 Å². The Kier molecular flexibility index (Phi) is 3.53. The van der Waals surface area contributed by atoms with Crippen molar-refractivity contribution in [2.75, 3.05) is 44.8 Å². The van der Waals surface area contributed by atoms with Gasteiger partial charge in [-0.2, -0.15) is 0 Å². The van der Waals surface area contributed by atoms with Crippen molar-refractivity contribution in [3.05, 3.63) is 29.8 Å². The van der Waals surface area contributed by atoms with Crippen LogP contribution < -0.4 is 4.90 Å². The Labute approximate surface area is 114 Å². The molecule has 0 spiro atoms. The van der Waals surface area contributed by atoms with Crippen LogP contribution in [0.25, 0.3) is 0 Å². The molecule has 1 saturated heterocycles. The van der Waals surface area contributed by atoms with Gasteiger partial charge in [-0.05, 0) is 24.6 Å². The summed E-state index contributed by atoms with van der Waals surface area (Å²) in [7, 11) is 2.00. The highest BCUT2D eigenvalue weighted by Gasteiger charge is 2.31. The van der Waals surface area contributed by atoms with Crippen LogP contribution in [0.5, 0.6) is 0 Å². The van der Waals surface area contributed by atoms with E-state index >= 15 is 0 Å². The Morgan fingerprint density at radius 2 is 2.00 bits per heavy atom. The first-order valence-corrected chi connectivity index (χ1v) is 6.98. The molecule has 1 N–H and O–H groups in total. The minimum Gasteiger partial charge on any atom is -0.379 e. The van der Waals surface area contributed by atoms with Crippen LogP contribution in [0, 0.1) is 5.41 Å². The number of hydrogen-bond acceptors (Lipinski definition) is 3. The molecule has 2 aliphatic rings. The second kappa shape index (κ2) is 5.31. The van der Waals surface area contributed by atoms with Gasteiger partial charge in [0, 0.05) is 31.7 Å². The normalized spacial score (nSPS) is 23.7. The summed E-state index contributed by atoms with van der Waals surface area (Å²) >= 11 is 0. The van der Waals surface area contributed by atoms with Gasteiger partial charge >= 0.3 is 0 Å². The van der Waals surface area contributed by atoms with Gasteiger partial charge < -0.3 is 9.64 Å². The number of anilines is 1. The summed E-state index contributed by atoms with van der Waals surface area (Å²) in [6.45, 7) is 4.80. The number of amidine groups is 1. The molecule has 0 aliphatic carbocycles. The maximum Gasteiger partial charge on any atom is 0.108 e. The summed E-state index contributed by atoms with van der Waals surface area (Å²) in [5, 5.41) is 8.30. The van der Waals surface area contributed by atoms with Gasteiger partial charge in [-0.25, -0.2) is 0 Å². The van der Waals surface area contributed by atoms with Crippen LogP contribution in [0.1, 0.15) is 17.9 Å². The topological polar surface area (TPSA) is 39.6 Å². The summed E-state index contributed by atoms with van der Waals surface area (Å²) < 4.78 is 5.37. The molecular weight excluding hydrogens is 238 g/mol. The largest absolute Gasteiger partial charge is 0.379 e. The number of morpholine rings is 1. The van der Waals surface area contributed by atoms with E-state index in [1.165, 1.54) is 11.3 Å². The van der Waals surface area contributed by atoms with E-state index in [2.05, 4.69) is 23.1 Å². The monoisotopic (exact) mass is 259 g/mol. The third kappa shape index (κ3) is 2.38. The molecule has 1 aromatic rings. The summed E-state index contributed by atoms with van der Waals surface area (Å²) in [6.07, 6.45) is 1.03. The van der Waals surface area contributed by atoms with Crippen LogP contribution in [-0.4, -0.2) is 50.6 Å². The second-order valence-corrected chi connectivity index (χ2v) is 5.30. The minimum atomic E-state index is 0.254. The fourth-order valence-corrected chi connectivity index (χ4v) is 3.03. The van der Waals surface area contributed by atoms with E-state index in [1.54, 1.807) is 0 Å². The molecule has 3 rings (SSSR count). The first-order chi connectivity index (χ1) is 9.27. The summed E-state index contributed by atoms with van der Waals surface area (Å²) in [5.41, 5.74) is 2.50. The minimum absolute atomic E-state index is 0.254. The Morgan fingerprint density at radius 1 is 1.26 bits per heavy atom. The van der Waals surface area contributed by atoms with Crippen molar-refractivity contribution in [3.63, 3.8) is 0 Å². The molecule has 0 amide bonds. The standard InChI is InChI=1S/C15H21N3O/c1-17-14-5-3-2-4-12(14)13(15(17)16)6-7-18-8-10-19-11-9-18/h2-5,13,16H,6-11H2,1H3. The molecular formula is C15H21N3O. The van der Waals surface area contributed by atoms with E-state index in [-0.39, 0.29) is 5.92 Å². The van der Waals surface area contributed by atoms with Gasteiger partial charge in [0.2, 0.25) is 0 Å². The predicted octanol–water partition coefficient (Wildman–Crippen LogP) is 1.92. The highest BCUT2D eigenvalue weighted by molar-refractivity contribution is 6.06. The van der Waals surface area contributed by atoms with Crippen LogP contribution in [0.3, 0.4) is 0 Å². The van der Waals surface area contributed by atoms with Gasteiger partial charge in [0.15, 0.2) is 0 Å². The quantitative estimate of drug-likeness (QED) is 0.901. The number of nitrogens with one attached hydrogen (secondary N) is 1. The zero-order chi connectivity index (χ0) is 13.2. The molecule has 1 atom stereocenters. The zero-order valence-corrected chi connectivity index (χ0v) is 11.4. The molecule has 1 fully saturated rings. The van der Waals surface area contributed by atoms with E-state index in [9.17, 15) is 0 Å². The lowest BCUT2D eigenvalue weighted by atomic mass is 9.96. The maximum atomic E-state index is 8.30. The van der Waals surface area contributed by atoms with Gasteiger partial charge in [0.05, 0.1) is 13.2 Å². The SMILES string of the molecule is CN1C(=N)C(CCN2CCOCC2)c2ccccc21. The van der Waals surface area contributed by atoms with Gasteiger partial charge in [-0.3, -0.25) is 10.3 Å². The van der Waals surface area contributed by atoms with Gasteiger partial charge in [-0.15, -0.1) is 0 Å². The molecule has 2 aliphatic heterocycles. The summed E-state index contributed by atoms with van der Waals surface area (Å²) in [4.78, 5) is 4.46. The van der Waals surface area contributed by atoms with Crippen molar-refractivity contribution in [2.45, 2.75) is 12.3 Å². The fraction of sp³-hybridized carbons (Fsp3) is 0.533. The lowest BCUT2D eigenvalue weighted by Crippen LogP contribution is -2.37. The Bertz CT molecular complexity index is 468. The van der Waals surface area contributed by atoms with Crippen LogP contribution in [0.4, 0.5) is 5.69 Å². The number of ether oxygens (including phenoxy) is 1. The van der Waals surface area contributed by atoms with Gasteiger partial charge in [0.1, 0.15) is 5.84 Å². The van der Waals surface area contributed by atoms with E-state index in [0.717, 1.165) is 45.1 Å². The Balaban J connectivity index is 1.69. The molecule has 2 heterocycles. The van der Waals surface area contributed by atoms with Crippen LogP contribution >= 0.6 is 0 Å². The molecule has 0 aromatic heterocycles. The number of nitrogens with zero attached hydrogens (tertiary/aromatic N) is 2. The molecule has 1 unspecified atom stereocenters. The van der Waals surface area contributed by atoms with Gasteiger partial charge in [0.25, 0.3) is 0 Å². The third-order valence-electron chi connectivity index (χ3n) is 4.20.